The Morgan fingerprint density at radius 3 is 2.04 bits per heavy atom. The topological polar surface area (TPSA) is 73.4 Å². The van der Waals surface area contributed by atoms with Crippen LogP contribution in [-0.2, 0) is 9.59 Å². The first kappa shape index (κ1) is 19.9. The van der Waals surface area contributed by atoms with Crippen LogP contribution in [0.15, 0.2) is 24.3 Å². The maximum atomic E-state index is 12.5. The third kappa shape index (κ3) is 4.19. The summed E-state index contributed by atoms with van der Waals surface area (Å²) >= 11 is 0. The van der Waals surface area contributed by atoms with Crippen LogP contribution < -0.4 is 9.64 Å². The molecular formula is C17H19F3N4O4. The molecule has 3 rings (SSSR count). The molecule has 2 fully saturated rings. The lowest BCUT2D eigenvalue weighted by molar-refractivity contribution is -0.156. The molecule has 8 nitrogen and oxygen atoms in total. The normalized spacial score (nSPS) is 19.0. The summed E-state index contributed by atoms with van der Waals surface area (Å²) in [5.41, 5.74) is 0.986. The summed E-state index contributed by atoms with van der Waals surface area (Å²) in [5.74, 6) is -1.94. The molecule has 2 saturated heterocycles. The van der Waals surface area contributed by atoms with E-state index in [1.165, 1.54) is 0 Å². The number of hydrogen-bond donors (Lipinski definition) is 0. The standard InChI is InChI=1S/C17H19F3N4O4/c1-28-13-4-2-12(3-5-13)22-8-6-21(7-9-22)11-24-15(26)14(25)23(16(24)27)10-17(18,19)20/h2-5H,6-11H2,1H3. The number of alkyl halides is 3. The van der Waals surface area contributed by atoms with E-state index in [1.807, 2.05) is 24.3 Å². The van der Waals surface area contributed by atoms with E-state index in [2.05, 4.69) is 4.90 Å². The van der Waals surface area contributed by atoms with Crippen molar-refractivity contribution < 1.29 is 32.3 Å². The Bertz CT molecular complexity index is 761. The first-order valence-electron chi connectivity index (χ1n) is 8.55. The fourth-order valence-corrected chi connectivity index (χ4v) is 3.13. The van der Waals surface area contributed by atoms with Crippen LogP contribution in [0.5, 0.6) is 5.75 Å². The van der Waals surface area contributed by atoms with Crippen molar-refractivity contribution in [1.82, 2.24) is 14.7 Å². The minimum atomic E-state index is -4.76. The number of piperazine rings is 1. The number of hydrogen-bond acceptors (Lipinski definition) is 6. The molecule has 0 saturated carbocycles. The average molecular weight is 400 g/mol. The van der Waals surface area contributed by atoms with Crippen molar-refractivity contribution in [1.29, 1.82) is 0 Å². The Kier molecular flexibility index (Phi) is 5.45. The zero-order valence-electron chi connectivity index (χ0n) is 15.1. The van der Waals surface area contributed by atoms with Crippen molar-refractivity contribution in [3.05, 3.63) is 24.3 Å². The molecule has 0 aromatic heterocycles. The van der Waals surface area contributed by atoms with Gasteiger partial charge in [0.25, 0.3) is 0 Å². The van der Waals surface area contributed by atoms with Gasteiger partial charge in [-0.25, -0.2) is 14.6 Å². The number of anilines is 1. The van der Waals surface area contributed by atoms with Gasteiger partial charge >= 0.3 is 24.0 Å². The van der Waals surface area contributed by atoms with Crippen molar-refractivity contribution in [3.8, 4) is 5.75 Å². The monoisotopic (exact) mass is 400 g/mol. The van der Waals surface area contributed by atoms with Gasteiger partial charge in [-0.1, -0.05) is 0 Å². The molecule has 4 amide bonds. The summed E-state index contributed by atoms with van der Waals surface area (Å²) in [4.78, 5) is 40.1. The summed E-state index contributed by atoms with van der Waals surface area (Å²) in [7, 11) is 1.58. The van der Waals surface area contributed by atoms with Gasteiger partial charge in [0.05, 0.1) is 13.8 Å². The number of amides is 4. The first-order chi connectivity index (χ1) is 13.2. The molecule has 152 valence electrons. The van der Waals surface area contributed by atoms with Crippen LogP contribution in [0.3, 0.4) is 0 Å². The summed E-state index contributed by atoms with van der Waals surface area (Å²) in [6.45, 7) is 0.186. The fraction of sp³-hybridized carbons (Fsp3) is 0.471. The quantitative estimate of drug-likeness (QED) is 0.545. The van der Waals surface area contributed by atoms with E-state index in [9.17, 15) is 27.6 Å². The Balaban J connectivity index is 1.57. The van der Waals surface area contributed by atoms with E-state index in [0.29, 0.717) is 31.1 Å². The van der Waals surface area contributed by atoms with Crippen molar-refractivity contribution in [2.75, 3.05) is 51.4 Å². The van der Waals surface area contributed by atoms with E-state index >= 15 is 0 Å². The molecule has 0 spiro atoms. The van der Waals surface area contributed by atoms with Crippen LogP contribution in [0.4, 0.5) is 23.7 Å². The molecule has 0 aliphatic carbocycles. The van der Waals surface area contributed by atoms with Crippen LogP contribution in [0.1, 0.15) is 0 Å². The summed E-state index contributed by atoms with van der Waals surface area (Å²) < 4.78 is 42.7. The first-order valence-corrected chi connectivity index (χ1v) is 8.55. The van der Waals surface area contributed by atoms with Gasteiger partial charge < -0.3 is 9.64 Å². The van der Waals surface area contributed by atoms with E-state index in [-0.39, 0.29) is 11.6 Å². The smallest absolute Gasteiger partial charge is 0.406 e. The minimum absolute atomic E-state index is 0.0596. The Morgan fingerprint density at radius 2 is 1.50 bits per heavy atom. The van der Waals surface area contributed by atoms with Crippen molar-refractivity contribution in [2.45, 2.75) is 6.18 Å². The van der Waals surface area contributed by atoms with Crippen molar-refractivity contribution in [2.24, 2.45) is 0 Å². The largest absolute Gasteiger partial charge is 0.497 e. The molecule has 1 aromatic carbocycles. The molecular weight excluding hydrogens is 381 g/mol. The maximum absolute atomic E-state index is 12.5. The van der Waals surface area contributed by atoms with Crippen molar-refractivity contribution >= 4 is 23.5 Å². The van der Waals surface area contributed by atoms with Gasteiger partial charge in [-0.15, -0.1) is 0 Å². The Labute approximate surface area is 159 Å². The Hall–Kier alpha value is -2.82. The molecule has 11 heteroatoms. The molecule has 2 aliphatic heterocycles. The Morgan fingerprint density at radius 1 is 0.929 bits per heavy atom. The van der Waals surface area contributed by atoms with Crippen LogP contribution >= 0.6 is 0 Å². The molecule has 0 unspecified atom stereocenters. The van der Waals surface area contributed by atoms with Crippen LogP contribution in [0, 0.1) is 0 Å². The number of carbonyl (C=O) groups excluding carboxylic acids is 3. The number of carbonyl (C=O) groups is 3. The van der Waals surface area contributed by atoms with Crippen molar-refractivity contribution in [3.63, 3.8) is 0 Å². The summed E-state index contributed by atoms with van der Waals surface area (Å²) in [5, 5.41) is 0. The molecule has 2 heterocycles. The fourth-order valence-electron chi connectivity index (χ4n) is 3.13. The number of benzene rings is 1. The third-order valence-electron chi connectivity index (χ3n) is 4.62. The van der Waals surface area contributed by atoms with E-state index in [4.69, 9.17) is 4.74 Å². The number of rotatable bonds is 5. The lowest BCUT2D eigenvalue weighted by Gasteiger charge is -2.37. The second kappa shape index (κ2) is 7.66. The lowest BCUT2D eigenvalue weighted by atomic mass is 10.2. The van der Waals surface area contributed by atoms with E-state index in [1.54, 1.807) is 12.0 Å². The molecule has 28 heavy (non-hydrogen) atoms. The van der Waals surface area contributed by atoms with Crippen LogP contribution in [-0.4, -0.2) is 85.2 Å². The van der Waals surface area contributed by atoms with Gasteiger partial charge in [0, 0.05) is 31.9 Å². The highest BCUT2D eigenvalue weighted by Gasteiger charge is 2.49. The van der Waals surface area contributed by atoms with Gasteiger partial charge in [-0.2, -0.15) is 13.2 Å². The predicted octanol–water partition coefficient (Wildman–Crippen LogP) is 1.13. The highest BCUT2D eigenvalue weighted by molar-refractivity contribution is 6.44. The number of halogens is 3. The van der Waals surface area contributed by atoms with Crippen LogP contribution in [0.25, 0.3) is 0 Å². The van der Waals surface area contributed by atoms with Gasteiger partial charge in [0.2, 0.25) is 0 Å². The average Bonchev–Trinajstić information content (AvgIpc) is 2.86. The molecule has 1 aromatic rings. The molecule has 0 radical (unpaired) electrons. The third-order valence-corrected chi connectivity index (χ3v) is 4.62. The van der Waals surface area contributed by atoms with Gasteiger partial charge in [-0.3, -0.25) is 14.5 Å². The highest BCUT2D eigenvalue weighted by Crippen LogP contribution is 2.23. The molecule has 0 N–H and O–H groups in total. The second-order valence-corrected chi connectivity index (χ2v) is 6.47. The van der Waals surface area contributed by atoms with Gasteiger partial charge in [0.1, 0.15) is 12.3 Å². The summed E-state index contributed by atoms with van der Waals surface area (Å²) in [6, 6.07) is 6.27. The van der Waals surface area contributed by atoms with E-state index < -0.39 is 30.6 Å². The lowest BCUT2D eigenvalue weighted by Crippen LogP contribution is -2.51. The highest BCUT2D eigenvalue weighted by atomic mass is 19.4. The van der Waals surface area contributed by atoms with E-state index in [0.717, 1.165) is 11.4 Å². The number of methoxy groups -OCH3 is 1. The van der Waals surface area contributed by atoms with Crippen LogP contribution in [0.2, 0.25) is 0 Å². The van der Waals surface area contributed by atoms with Gasteiger partial charge in [0.15, 0.2) is 0 Å². The maximum Gasteiger partial charge on any atom is 0.406 e. The number of ether oxygens (including phenoxy) is 1. The van der Waals surface area contributed by atoms with Gasteiger partial charge in [-0.05, 0) is 24.3 Å². The number of imide groups is 2. The predicted molar refractivity (Wildman–Crippen MR) is 91.7 cm³/mol. The molecule has 0 bridgehead atoms. The minimum Gasteiger partial charge on any atom is -0.497 e. The zero-order chi connectivity index (χ0) is 20.5. The zero-order valence-corrected chi connectivity index (χ0v) is 15.1. The summed E-state index contributed by atoms with van der Waals surface area (Å²) in [6.07, 6.45) is -4.76. The molecule has 0 atom stereocenters. The number of nitrogens with zero attached hydrogens (tertiary/aromatic N) is 4. The second-order valence-electron chi connectivity index (χ2n) is 6.47. The SMILES string of the molecule is COc1ccc(N2CCN(CN3C(=O)C(=O)N(CC(F)(F)F)C3=O)CC2)cc1. The number of urea groups is 1. The molecule has 2 aliphatic rings.